The number of ether oxygens (including phenoxy) is 1. The van der Waals surface area contributed by atoms with Gasteiger partial charge in [-0.3, -0.25) is 9.99 Å². The lowest BCUT2D eigenvalue weighted by molar-refractivity contribution is 0.483. The Morgan fingerprint density at radius 3 is 2.19 bits per heavy atom. The highest BCUT2D eigenvalue weighted by atomic mass is 16.5. The predicted octanol–water partition coefficient (Wildman–Crippen LogP) is 5.92. The molecule has 0 aliphatic carbocycles. The first-order valence-electron chi connectivity index (χ1n) is 11.0. The van der Waals surface area contributed by atoms with Gasteiger partial charge < -0.3 is 4.74 Å². The number of rotatable bonds is 4. The maximum absolute atomic E-state index is 5.96. The van der Waals surface area contributed by atoms with Crippen molar-refractivity contribution in [2.45, 2.75) is 39.0 Å². The van der Waals surface area contributed by atoms with Gasteiger partial charge in [0.15, 0.2) is 0 Å². The van der Waals surface area contributed by atoms with Crippen LogP contribution in [0.15, 0.2) is 66.9 Å². The number of hydrogen-bond acceptors (Lipinski definition) is 4. The molecule has 5 nitrogen and oxygen atoms in total. The van der Waals surface area contributed by atoms with E-state index in [0.29, 0.717) is 0 Å². The molecule has 4 aromatic rings. The van der Waals surface area contributed by atoms with Crippen LogP contribution in [0.25, 0.3) is 22.2 Å². The highest BCUT2D eigenvalue weighted by Gasteiger charge is 2.27. The summed E-state index contributed by atoms with van der Waals surface area (Å²) in [4.78, 5) is 6.90. The maximum Gasteiger partial charge on any atom is 0.127 e. The molecule has 0 saturated carbocycles. The second kappa shape index (κ2) is 7.73. The lowest BCUT2D eigenvalue weighted by atomic mass is 9.90. The summed E-state index contributed by atoms with van der Waals surface area (Å²) >= 11 is 0. The Labute approximate surface area is 183 Å². The molecule has 5 rings (SSSR count). The van der Waals surface area contributed by atoms with E-state index in [4.69, 9.17) is 14.8 Å². The van der Waals surface area contributed by atoms with Crippen LogP contribution in [-0.4, -0.2) is 28.0 Å². The third-order valence-corrected chi connectivity index (χ3v) is 5.74. The molecule has 0 radical (unpaired) electrons. The summed E-state index contributed by atoms with van der Waals surface area (Å²) in [6, 6.07) is 20.1. The molecule has 5 heteroatoms. The van der Waals surface area contributed by atoms with Gasteiger partial charge in [0.25, 0.3) is 0 Å². The van der Waals surface area contributed by atoms with Crippen molar-refractivity contribution < 1.29 is 4.74 Å². The summed E-state index contributed by atoms with van der Waals surface area (Å²) in [5, 5.41) is 8.60. The smallest absolute Gasteiger partial charge is 0.127 e. The number of fused-ring (bicyclic) bond motifs is 1. The van der Waals surface area contributed by atoms with Crippen LogP contribution in [0, 0.1) is 0 Å². The Morgan fingerprint density at radius 1 is 0.839 bits per heavy atom. The van der Waals surface area contributed by atoms with Crippen molar-refractivity contribution in [2.24, 2.45) is 0 Å². The van der Waals surface area contributed by atoms with E-state index in [0.717, 1.165) is 47.1 Å². The van der Waals surface area contributed by atoms with Crippen LogP contribution in [0.3, 0.4) is 0 Å². The fraction of sp³-hybridized carbons (Fsp3) is 0.308. The second-order valence-corrected chi connectivity index (χ2v) is 9.14. The summed E-state index contributed by atoms with van der Waals surface area (Å²) in [5.74, 6) is 1.64. The molecule has 0 N–H and O–H groups in total. The quantitative estimate of drug-likeness (QED) is 0.417. The van der Waals surface area contributed by atoms with Gasteiger partial charge in [-0.05, 0) is 55.3 Å². The predicted molar refractivity (Wildman–Crippen MR) is 125 cm³/mol. The summed E-state index contributed by atoms with van der Waals surface area (Å²) in [6.07, 6.45) is 4.30. The molecule has 3 heterocycles. The molecule has 31 heavy (non-hydrogen) atoms. The van der Waals surface area contributed by atoms with Crippen molar-refractivity contribution >= 4 is 10.9 Å². The van der Waals surface area contributed by atoms with E-state index in [1.807, 2.05) is 48.7 Å². The van der Waals surface area contributed by atoms with E-state index in [1.54, 1.807) is 0 Å². The number of nitrogens with zero attached hydrogens (tertiary/aromatic N) is 4. The fourth-order valence-corrected chi connectivity index (χ4v) is 4.21. The highest BCUT2D eigenvalue weighted by molar-refractivity contribution is 5.94. The molecular formula is C26H28N4O. The van der Waals surface area contributed by atoms with Crippen LogP contribution in [0.2, 0.25) is 0 Å². The van der Waals surface area contributed by atoms with Crippen LogP contribution in [-0.2, 0) is 5.41 Å². The molecule has 2 aromatic heterocycles. The number of pyridine rings is 1. The van der Waals surface area contributed by atoms with E-state index in [9.17, 15) is 0 Å². The third kappa shape index (κ3) is 3.76. The van der Waals surface area contributed by atoms with Gasteiger partial charge in [-0.15, -0.1) is 0 Å². The van der Waals surface area contributed by atoms with Crippen molar-refractivity contribution in [1.29, 1.82) is 0 Å². The third-order valence-electron chi connectivity index (χ3n) is 5.74. The number of hydrogen-bond donors (Lipinski definition) is 0. The van der Waals surface area contributed by atoms with Crippen LogP contribution < -0.4 is 9.75 Å². The van der Waals surface area contributed by atoms with Gasteiger partial charge in [-0.1, -0.05) is 39.0 Å². The van der Waals surface area contributed by atoms with Crippen molar-refractivity contribution in [3.05, 3.63) is 72.6 Å². The molecular weight excluding hydrogens is 384 g/mol. The molecule has 0 amide bonds. The van der Waals surface area contributed by atoms with E-state index in [2.05, 4.69) is 48.8 Å². The SMILES string of the molecule is CC(C)(C)c1nn(N2CCCC2)c2c(-c3ccc(Oc4ccccc4)cc3)nccc12. The van der Waals surface area contributed by atoms with Crippen LogP contribution >= 0.6 is 0 Å². The molecule has 0 spiro atoms. The Kier molecular flexibility index (Phi) is 4.89. The first-order chi connectivity index (χ1) is 15.0. The van der Waals surface area contributed by atoms with Gasteiger partial charge in [0.2, 0.25) is 0 Å². The molecule has 0 bridgehead atoms. The lowest BCUT2D eigenvalue weighted by Gasteiger charge is -2.20. The van der Waals surface area contributed by atoms with E-state index in [1.165, 1.54) is 18.2 Å². The summed E-state index contributed by atoms with van der Waals surface area (Å²) in [6.45, 7) is 8.72. The number of para-hydroxylation sites is 1. The van der Waals surface area contributed by atoms with E-state index >= 15 is 0 Å². The van der Waals surface area contributed by atoms with Crippen LogP contribution in [0.5, 0.6) is 11.5 Å². The van der Waals surface area contributed by atoms with E-state index < -0.39 is 0 Å². The normalized spacial score (nSPS) is 14.4. The molecule has 1 aliphatic rings. The Balaban J connectivity index is 1.59. The van der Waals surface area contributed by atoms with Crippen LogP contribution in [0.1, 0.15) is 39.3 Å². The second-order valence-electron chi connectivity index (χ2n) is 9.14. The molecule has 2 aromatic carbocycles. The topological polar surface area (TPSA) is 43.2 Å². The van der Waals surface area contributed by atoms with E-state index in [-0.39, 0.29) is 5.41 Å². The van der Waals surface area contributed by atoms with Crippen molar-refractivity contribution in [3.63, 3.8) is 0 Å². The van der Waals surface area contributed by atoms with Gasteiger partial charge in [0.1, 0.15) is 17.0 Å². The maximum atomic E-state index is 5.96. The minimum atomic E-state index is -0.0464. The minimum absolute atomic E-state index is 0.0464. The summed E-state index contributed by atoms with van der Waals surface area (Å²) in [7, 11) is 0. The van der Waals surface area contributed by atoms with Crippen molar-refractivity contribution in [1.82, 2.24) is 14.9 Å². The molecule has 1 fully saturated rings. The Morgan fingerprint density at radius 2 is 1.52 bits per heavy atom. The summed E-state index contributed by atoms with van der Waals surface area (Å²) in [5.41, 5.74) is 4.17. The monoisotopic (exact) mass is 412 g/mol. The molecule has 0 atom stereocenters. The van der Waals surface area contributed by atoms with Crippen LogP contribution in [0.4, 0.5) is 0 Å². The number of benzene rings is 2. The standard InChI is InChI=1S/C26H28N4O/c1-26(2,3)25-22-15-16-27-23(24(22)30(28-25)29-17-7-8-18-29)19-11-13-21(14-12-19)31-20-9-5-4-6-10-20/h4-6,9-16H,7-8,17-18H2,1-3H3. The largest absolute Gasteiger partial charge is 0.457 e. The zero-order valence-electron chi connectivity index (χ0n) is 18.4. The van der Waals surface area contributed by atoms with Gasteiger partial charge in [-0.25, -0.2) is 0 Å². The first-order valence-corrected chi connectivity index (χ1v) is 11.0. The van der Waals surface area contributed by atoms with Gasteiger partial charge in [0, 0.05) is 35.7 Å². The number of aromatic nitrogens is 3. The average Bonchev–Trinajstić information content (AvgIpc) is 3.42. The van der Waals surface area contributed by atoms with Crippen molar-refractivity contribution in [3.8, 4) is 22.8 Å². The first kappa shape index (κ1) is 19.6. The average molecular weight is 413 g/mol. The lowest BCUT2D eigenvalue weighted by Crippen LogP contribution is -2.32. The summed E-state index contributed by atoms with van der Waals surface area (Å²) < 4.78 is 5.96. The molecule has 0 unspecified atom stereocenters. The molecule has 158 valence electrons. The zero-order chi connectivity index (χ0) is 21.4. The Hall–Kier alpha value is -3.34. The van der Waals surface area contributed by atoms with Gasteiger partial charge in [0.05, 0.1) is 11.4 Å². The van der Waals surface area contributed by atoms with Gasteiger partial charge in [-0.2, -0.15) is 9.89 Å². The van der Waals surface area contributed by atoms with Crippen molar-refractivity contribution in [2.75, 3.05) is 18.1 Å². The molecule has 1 saturated heterocycles. The van der Waals surface area contributed by atoms with Gasteiger partial charge >= 0.3 is 0 Å². The fourth-order valence-electron chi connectivity index (χ4n) is 4.21. The molecule has 1 aliphatic heterocycles. The Bertz CT molecular complexity index is 1180. The highest BCUT2D eigenvalue weighted by Crippen LogP contribution is 2.35. The zero-order valence-corrected chi connectivity index (χ0v) is 18.4. The minimum Gasteiger partial charge on any atom is -0.457 e.